The van der Waals surface area contributed by atoms with Crippen LogP contribution in [0.25, 0.3) is 0 Å². The first-order chi connectivity index (χ1) is 7.53. The summed E-state index contributed by atoms with van der Waals surface area (Å²) in [4.78, 5) is 0. The molecule has 0 spiro atoms. The Balaban J connectivity index is 2.06. The molecule has 0 heterocycles. The summed E-state index contributed by atoms with van der Waals surface area (Å²) in [5.41, 5.74) is -0.528. The molecule has 2 N–H and O–H groups in total. The fourth-order valence-electron chi connectivity index (χ4n) is 2.61. The molecule has 3 unspecified atom stereocenters. The van der Waals surface area contributed by atoms with E-state index in [0.717, 1.165) is 31.3 Å². The van der Waals surface area contributed by atoms with Crippen LogP contribution in [0, 0.1) is 11.8 Å². The minimum atomic E-state index is -0.528. The van der Waals surface area contributed by atoms with Gasteiger partial charge in [-0.2, -0.15) is 0 Å². The third kappa shape index (κ3) is 5.31. The lowest BCUT2D eigenvalue weighted by Crippen LogP contribution is -2.38. The Bertz CT molecular complexity index is 191. The van der Waals surface area contributed by atoms with E-state index in [4.69, 9.17) is 0 Å². The van der Waals surface area contributed by atoms with E-state index in [-0.39, 0.29) is 0 Å². The molecule has 3 atom stereocenters. The summed E-state index contributed by atoms with van der Waals surface area (Å²) in [5.74, 6) is 1.85. The molecule has 0 saturated heterocycles. The largest absolute Gasteiger partial charge is 0.389 e. The van der Waals surface area contributed by atoms with Crippen LogP contribution in [0.1, 0.15) is 59.3 Å². The van der Waals surface area contributed by atoms with Crippen LogP contribution in [0.15, 0.2) is 0 Å². The number of hydrogen-bond donors (Lipinski definition) is 2. The molecule has 1 saturated carbocycles. The maximum absolute atomic E-state index is 9.84. The Morgan fingerprint density at radius 3 is 2.75 bits per heavy atom. The Morgan fingerprint density at radius 1 is 1.38 bits per heavy atom. The van der Waals surface area contributed by atoms with Gasteiger partial charge in [0, 0.05) is 6.54 Å². The highest BCUT2D eigenvalue weighted by Gasteiger charge is 2.19. The summed E-state index contributed by atoms with van der Waals surface area (Å²) in [6.07, 6.45) is 7.76. The smallest absolute Gasteiger partial charge is 0.0740 e. The van der Waals surface area contributed by atoms with Crippen molar-refractivity contribution in [2.45, 2.75) is 64.9 Å². The summed E-state index contributed by atoms with van der Waals surface area (Å²) in [6.45, 7) is 8.11. The Hall–Kier alpha value is -0.0800. The zero-order valence-corrected chi connectivity index (χ0v) is 11.3. The van der Waals surface area contributed by atoms with Gasteiger partial charge in [0.05, 0.1) is 5.60 Å². The molecule has 1 rings (SSSR count). The molecule has 0 amide bonds. The number of aliphatic hydroxyl groups is 1. The molecule has 16 heavy (non-hydrogen) atoms. The van der Waals surface area contributed by atoms with Crippen LogP contribution >= 0.6 is 0 Å². The topological polar surface area (TPSA) is 32.3 Å². The molecular formula is C14H29NO. The number of rotatable bonds is 6. The fraction of sp³-hybridized carbons (Fsp3) is 1.00. The quantitative estimate of drug-likeness (QED) is 0.684. The predicted octanol–water partition coefficient (Wildman–Crippen LogP) is 2.95. The van der Waals surface area contributed by atoms with Crippen LogP contribution in [-0.2, 0) is 0 Å². The van der Waals surface area contributed by atoms with Gasteiger partial charge in [-0.1, -0.05) is 33.1 Å². The monoisotopic (exact) mass is 227 g/mol. The predicted molar refractivity (Wildman–Crippen MR) is 69.5 cm³/mol. The molecule has 2 nitrogen and oxygen atoms in total. The van der Waals surface area contributed by atoms with Crippen molar-refractivity contribution in [2.75, 3.05) is 13.1 Å². The first-order valence-electron chi connectivity index (χ1n) is 6.96. The van der Waals surface area contributed by atoms with Gasteiger partial charge in [0.15, 0.2) is 0 Å². The van der Waals surface area contributed by atoms with Crippen LogP contribution in [0.2, 0.25) is 0 Å². The first-order valence-corrected chi connectivity index (χ1v) is 6.96. The molecular weight excluding hydrogens is 198 g/mol. The highest BCUT2D eigenvalue weighted by atomic mass is 16.3. The van der Waals surface area contributed by atoms with Crippen LogP contribution < -0.4 is 5.32 Å². The van der Waals surface area contributed by atoms with Crippen LogP contribution in [0.3, 0.4) is 0 Å². The van der Waals surface area contributed by atoms with Gasteiger partial charge >= 0.3 is 0 Å². The maximum Gasteiger partial charge on any atom is 0.0740 e. The minimum absolute atomic E-state index is 0.528. The van der Waals surface area contributed by atoms with E-state index in [1.807, 2.05) is 13.8 Å². The highest BCUT2D eigenvalue weighted by Crippen LogP contribution is 2.30. The molecule has 0 bridgehead atoms. The molecule has 0 aromatic heterocycles. The van der Waals surface area contributed by atoms with Crippen molar-refractivity contribution >= 4 is 0 Å². The van der Waals surface area contributed by atoms with Gasteiger partial charge in [-0.15, -0.1) is 0 Å². The van der Waals surface area contributed by atoms with Crippen LogP contribution in [0.4, 0.5) is 0 Å². The van der Waals surface area contributed by atoms with Crippen molar-refractivity contribution in [3.05, 3.63) is 0 Å². The average molecular weight is 227 g/mol. The normalized spacial score (nSPS) is 30.0. The summed E-state index contributed by atoms with van der Waals surface area (Å²) >= 11 is 0. The Labute approximate surface area is 101 Å². The van der Waals surface area contributed by atoms with Gasteiger partial charge in [-0.05, 0) is 44.6 Å². The summed E-state index contributed by atoms with van der Waals surface area (Å²) in [7, 11) is 0. The fourth-order valence-corrected chi connectivity index (χ4v) is 2.61. The Kier molecular flexibility index (Phi) is 5.77. The van der Waals surface area contributed by atoms with E-state index in [1.54, 1.807) is 0 Å². The van der Waals surface area contributed by atoms with Crippen molar-refractivity contribution in [1.29, 1.82) is 0 Å². The molecule has 2 heteroatoms. The van der Waals surface area contributed by atoms with Crippen LogP contribution in [-0.4, -0.2) is 23.8 Å². The molecule has 1 fully saturated rings. The maximum atomic E-state index is 9.84. The van der Waals surface area contributed by atoms with E-state index in [0.29, 0.717) is 0 Å². The van der Waals surface area contributed by atoms with E-state index >= 15 is 0 Å². The summed E-state index contributed by atoms with van der Waals surface area (Å²) in [6, 6.07) is 0. The highest BCUT2D eigenvalue weighted by molar-refractivity contribution is 4.75. The molecule has 1 aliphatic carbocycles. The second-order valence-electron chi connectivity index (χ2n) is 5.95. The second kappa shape index (κ2) is 6.61. The molecule has 0 aromatic carbocycles. The standard InChI is InChI=1S/C14H29NO/c1-4-14(3,16)11-15-9-8-13-7-5-6-12(2)10-13/h12-13,15-16H,4-11H2,1-3H3. The third-order valence-corrected chi connectivity index (χ3v) is 4.04. The van der Waals surface area contributed by atoms with Crippen molar-refractivity contribution in [1.82, 2.24) is 5.32 Å². The second-order valence-corrected chi connectivity index (χ2v) is 5.95. The number of hydrogen-bond acceptors (Lipinski definition) is 2. The number of nitrogens with one attached hydrogen (secondary N) is 1. The van der Waals surface area contributed by atoms with E-state index < -0.39 is 5.60 Å². The zero-order chi connectivity index (χ0) is 12.0. The first kappa shape index (κ1) is 14.0. The van der Waals surface area contributed by atoms with Crippen LogP contribution in [0.5, 0.6) is 0 Å². The van der Waals surface area contributed by atoms with Gasteiger partial charge in [-0.3, -0.25) is 0 Å². The van der Waals surface area contributed by atoms with Crippen molar-refractivity contribution in [3.8, 4) is 0 Å². The van der Waals surface area contributed by atoms with E-state index in [1.165, 1.54) is 32.1 Å². The van der Waals surface area contributed by atoms with Gasteiger partial charge < -0.3 is 10.4 Å². The van der Waals surface area contributed by atoms with Crippen molar-refractivity contribution in [2.24, 2.45) is 11.8 Å². The van der Waals surface area contributed by atoms with Gasteiger partial charge in [0.2, 0.25) is 0 Å². The molecule has 1 aliphatic rings. The van der Waals surface area contributed by atoms with Crippen molar-refractivity contribution < 1.29 is 5.11 Å². The van der Waals surface area contributed by atoms with E-state index in [2.05, 4.69) is 12.2 Å². The molecule has 0 aliphatic heterocycles. The third-order valence-electron chi connectivity index (χ3n) is 4.04. The average Bonchev–Trinajstić information content (AvgIpc) is 2.25. The lowest BCUT2D eigenvalue weighted by Gasteiger charge is -2.27. The van der Waals surface area contributed by atoms with Gasteiger partial charge in [0.25, 0.3) is 0 Å². The summed E-state index contributed by atoms with van der Waals surface area (Å²) < 4.78 is 0. The minimum Gasteiger partial charge on any atom is -0.389 e. The van der Waals surface area contributed by atoms with E-state index in [9.17, 15) is 5.11 Å². The molecule has 0 aromatic rings. The summed E-state index contributed by atoms with van der Waals surface area (Å²) in [5, 5.41) is 13.2. The molecule has 96 valence electrons. The van der Waals surface area contributed by atoms with Crippen molar-refractivity contribution in [3.63, 3.8) is 0 Å². The lowest BCUT2D eigenvalue weighted by atomic mass is 9.81. The Morgan fingerprint density at radius 2 is 2.12 bits per heavy atom. The molecule has 0 radical (unpaired) electrons. The van der Waals surface area contributed by atoms with Gasteiger partial charge in [0.1, 0.15) is 0 Å². The zero-order valence-electron chi connectivity index (χ0n) is 11.3. The SMILES string of the molecule is CCC(C)(O)CNCCC1CCCC(C)C1. The van der Waals surface area contributed by atoms with Gasteiger partial charge in [-0.25, -0.2) is 0 Å². The lowest BCUT2D eigenvalue weighted by molar-refractivity contribution is 0.0554.